The van der Waals surface area contributed by atoms with Crippen molar-refractivity contribution >= 4 is 35.3 Å². The monoisotopic (exact) mass is 318 g/mol. The van der Waals surface area contributed by atoms with E-state index in [0.717, 1.165) is 6.07 Å². The number of carbonyl (C=O) groups is 3. The van der Waals surface area contributed by atoms with Crippen LogP contribution in [0.5, 0.6) is 0 Å². The Morgan fingerprint density at radius 2 is 1.95 bits per heavy atom. The Bertz CT molecular complexity index is 567. The zero-order valence-electron chi connectivity index (χ0n) is 10.6. The van der Waals surface area contributed by atoms with Crippen molar-refractivity contribution in [1.29, 1.82) is 0 Å². The molecule has 1 rings (SSSR count). The maximum Gasteiger partial charge on any atom is 0.326 e. The Kier molecular flexibility index (Phi) is 5.92. The minimum atomic E-state index is -1.39. The predicted molar refractivity (Wildman–Crippen MR) is 71.9 cm³/mol. The van der Waals surface area contributed by atoms with Crippen molar-refractivity contribution in [1.82, 2.24) is 5.32 Å². The number of halogens is 2. The number of aliphatic carboxylic acids is 2. The molecule has 1 aromatic carbocycles. The Balaban J connectivity index is 2.65. The first kappa shape index (κ1) is 16.7. The molecule has 2 amide bonds. The van der Waals surface area contributed by atoms with Crippen molar-refractivity contribution < 1.29 is 29.0 Å². The van der Waals surface area contributed by atoms with Crippen molar-refractivity contribution in [2.75, 3.05) is 5.32 Å². The van der Waals surface area contributed by atoms with E-state index in [-0.39, 0.29) is 17.1 Å². The van der Waals surface area contributed by atoms with Crippen LogP contribution in [0.1, 0.15) is 12.8 Å². The summed E-state index contributed by atoms with van der Waals surface area (Å²) in [6.07, 6.45) is -0.715. The second-order valence-electron chi connectivity index (χ2n) is 4.05. The van der Waals surface area contributed by atoms with E-state index in [0.29, 0.717) is 0 Å². The molecule has 7 nitrogen and oxygen atoms in total. The predicted octanol–water partition coefficient (Wildman–Crippen LogP) is 1.92. The van der Waals surface area contributed by atoms with Gasteiger partial charge >= 0.3 is 18.0 Å². The third-order valence-electron chi connectivity index (χ3n) is 2.43. The first-order valence-electron chi connectivity index (χ1n) is 5.76. The van der Waals surface area contributed by atoms with Crippen LogP contribution in [0.15, 0.2) is 18.2 Å². The van der Waals surface area contributed by atoms with Gasteiger partial charge in [-0.1, -0.05) is 11.6 Å². The topological polar surface area (TPSA) is 116 Å². The quantitative estimate of drug-likeness (QED) is 0.639. The van der Waals surface area contributed by atoms with Gasteiger partial charge in [-0.15, -0.1) is 0 Å². The number of carboxylic acids is 2. The highest BCUT2D eigenvalue weighted by Crippen LogP contribution is 2.18. The lowest BCUT2D eigenvalue weighted by Gasteiger charge is -2.14. The van der Waals surface area contributed by atoms with E-state index in [4.69, 9.17) is 21.8 Å². The van der Waals surface area contributed by atoms with Gasteiger partial charge in [0.1, 0.15) is 11.9 Å². The van der Waals surface area contributed by atoms with Crippen LogP contribution in [0.2, 0.25) is 5.02 Å². The minimum Gasteiger partial charge on any atom is -0.481 e. The number of nitrogens with one attached hydrogen (secondary N) is 2. The molecule has 0 spiro atoms. The van der Waals surface area contributed by atoms with Crippen LogP contribution < -0.4 is 10.6 Å². The van der Waals surface area contributed by atoms with Gasteiger partial charge in [0.25, 0.3) is 0 Å². The Morgan fingerprint density at radius 3 is 2.48 bits per heavy atom. The van der Waals surface area contributed by atoms with Crippen LogP contribution in [0.3, 0.4) is 0 Å². The normalized spacial score (nSPS) is 11.5. The molecule has 0 saturated heterocycles. The van der Waals surface area contributed by atoms with Crippen LogP contribution in [0.25, 0.3) is 0 Å². The molecule has 0 aliphatic heterocycles. The average molecular weight is 319 g/mol. The third-order valence-corrected chi connectivity index (χ3v) is 2.66. The summed E-state index contributed by atoms with van der Waals surface area (Å²) in [6.45, 7) is 0. The number of hydrogen-bond acceptors (Lipinski definition) is 3. The van der Waals surface area contributed by atoms with Gasteiger partial charge in [0.15, 0.2) is 0 Å². The van der Waals surface area contributed by atoms with E-state index in [1.807, 2.05) is 5.32 Å². The summed E-state index contributed by atoms with van der Waals surface area (Å²) in [6, 6.07) is 1.19. The SMILES string of the molecule is O=C(O)CC[C@H](NC(=O)Nc1ccc(Cl)cc1F)C(=O)O. The highest BCUT2D eigenvalue weighted by Gasteiger charge is 2.21. The smallest absolute Gasteiger partial charge is 0.326 e. The molecule has 1 atom stereocenters. The molecule has 0 aromatic heterocycles. The van der Waals surface area contributed by atoms with Crippen LogP contribution in [0.4, 0.5) is 14.9 Å². The Hall–Kier alpha value is -2.35. The number of amides is 2. The number of hydrogen-bond donors (Lipinski definition) is 4. The van der Waals surface area contributed by atoms with E-state index in [9.17, 15) is 18.8 Å². The third kappa shape index (κ3) is 5.65. The van der Waals surface area contributed by atoms with Gasteiger partial charge in [-0.25, -0.2) is 14.0 Å². The lowest BCUT2D eigenvalue weighted by atomic mass is 10.1. The standard InChI is InChI=1S/C12H12ClFN2O5/c13-6-1-2-8(7(14)5-6)15-12(21)16-9(11(19)20)3-4-10(17)18/h1-2,5,9H,3-4H2,(H,17,18)(H,19,20)(H2,15,16,21)/t9-/m0/s1. The Labute approximate surface area is 123 Å². The summed E-state index contributed by atoms with van der Waals surface area (Å²) in [5.74, 6) is -3.36. The maximum atomic E-state index is 13.4. The molecule has 0 aliphatic carbocycles. The van der Waals surface area contributed by atoms with Crippen molar-refractivity contribution in [3.63, 3.8) is 0 Å². The molecule has 0 aliphatic rings. The molecule has 0 heterocycles. The Morgan fingerprint density at radius 1 is 1.29 bits per heavy atom. The summed E-state index contributed by atoms with van der Waals surface area (Å²) in [5.41, 5.74) is -0.181. The van der Waals surface area contributed by atoms with Crippen molar-refractivity contribution in [3.8, 4) is 0 Å². The van der Waals surface area contributed by atoms with E-state index < -0.39 is 36.2 Å². The van der Waals surface area contributed by atoms with Crippen LogP contribution >= 0.6 is 11.6 Å². The zero-order valence-corrected chi connectivity index (χ0v) is 11.4. The average Bonchev–Trinajstić information content (AvgIpc) is 2.37. The summed E-state index contributed by atoms with van der Waals surface area (Å²) in [7, 11) is 0. The second kappa shape index (κ2) is 7.44. The summed E-state index contributed by atoms with van der Waals surface area (Å²) >= 11 is 5.55. The van der Waals surface area contributed by atoms with Gasteiger partial charge in [0.05, 0.1) is 5.69 Å². The summed E-state index contributed by atoms with van der Waals surface area (Å²) < 4.78 is 13.4. The molecule has 4 N–H and O–H groups in total. The van der Waals surface area contributed by atoms with E-state index in [1.54, 1.807) is 0 Å². The fourth-order valence-corrected chi connectivity index (χ4v) is 1.59. The highest BCUT2D eigenvalue weighted by molar-refractivity contribution is 6.30. The van der Waals surface area contributed by atoms with Crippen molar-refractivity contribution in [3.05, 3.63) is 29.0 Å². The van der Waals surface area contributed by atoms with Crippen LogP contribution in [0, 0.1) is 5.82 Å². The minimum absolute atomic E-state index is 0.142. The molecule has 114 valence electrons. The molecular weight excluding hydrogens is 307 g/mol. The van der Waals surface area contributed by atoms with Gasteiger partial charge in [0.2, 0.25) is 0 Å². The first-order valence-corrected chi connectivity index (χ1v) is 6.14. The number of carboxylic acid groups (broad SMARTS) is 2. The number of carbonyl (C=O) groups excluding carboxylic acids is 1. The van der Waals surface area contributed by atoms with Gasteiger partial charge in [-0.2, -0.15) is 0 Å². The van der Waals surface area contributed by atoms with E-state index >= 15 is 0 Å². The molecule has 1 aromatic rings. The van der Waals surface area contributed by atoms with Gasteiger partial charge in [-0.3, -0.25) is 4.79 Å². The molecular formula is C12H12ClFN2O5. The lowest BCUT2D eigenvalue weighted by Crippen LogP contribution is -2.43. The first-order chi connectivity index (χ1) is 9.79. The summed E-state index contributed by atoms with van der Waals surface area (Å²) in [5, 5.41) is 21.7. The second-order valence-corrected chi connectivity index (χ2v) is 4.48. The van der Waals surface area contributed by atoms with Crippen molar-refractivity contribution in [2.45, 2.75) is 18.9 Å². The van der Waals surface area contributed by atoms with Gasteiger partial charge in [0, 0.05) is 11.4 Å². The number of anilines is 1. The van der Waals surface area contributed by atoms with E-state index in [1.165, 1.54) is 12.1 Å². The van der Waals surface area contributed by atoms with Gasteiger partial charge in [-0.05, 0) is 24.6 Å². The lowest BCUT2D eigenvalue weighted by molar-refractivity contribution is -0.140. The number of urea groups is 1. The molecule has 0 unspecified atom stereocenters. The highest BCUT2D eigenvalue weighted by atomic mass is 35.5. The van der Waals surface area contributed by atoms with Crippen molar-refractivity contribution in [2.24, 2.45) is 0 Å². The molecule has 0 radical (unpaired) electrons. The molecule has 0 fully saturated rings. The van der Waals surface area contributed by atoms with Gasteiger partial charge < -0.3 is 20.8 Å². The van der Waals surface area contributed by atoms with E-state index in [2.05, 4.69) is 5.32 Å². The fraction of sp³-hybridized carbons (Fsp3) is 0.250. The molecule has 0 bridgehead atoms. The molecule has 21 heavy (non-hydrogen) atoms. The molecule has 0 saturated carbocycles. The fourth-order valence-electron chi connectivity index (χ4n) is 1.43. The molecule has 9 heteroatoms. The summed E-state index contributed by atoms with van der Waals surface area (Å²) in [4.78, 5) is 32.9. The maximum absolute atomic E-state index is 13.4. The van der Waals surface area contributed by atoms with Crippen LogP contribution in [-0.4, -0.2) is 34.2 Å². The van der Waals surface area contributed by atoms with Crippen LogP contribution in [-0.2, 0) is 9.59 Å². The number of rotatable bonds is 6. The zero-order chi connectivity index (χ0) is 16.0. The largest absolute Gasteiger partial charge is 0.481 e. The number of benzene rings is 1.